The number of aromatic nitrogens is 1. The standard InChI is InChI=1S/C12H12N2O3S/c1-17-11(15)4-5-13-12(16)8-2-3-9-10(6-8)18-7-14-9/h2-3,6-7H,4-5H2,1H3,(H,13,16). The van der Waals surface area contributed by atoms with Gasteiger partial charge in [0.15, 0.2) is 0 Å². The van der Waals surface area contributed by atoms with Crippen LogP contribution in [-0.4, -0.2) is 30.5 Å². The van der Waals surface area contributed by atoms with Crippen LogP contribution in [0.2, 0.25) is 0 Å². The molecule has 0 radical (unpaired) electrons. The third-order valence-corrected chi connectivity index (χ3v) is 3.23. The number of methoxy groups -OCH3 is 1. The fourth-order valence-electron chi connectivity index (χ4n) is 1.48. The minimum absolute atomic E-state index is 0.172. The number of hydrogen-bond acceptors (Lipinski definition) is 5. The van der Waals surface area contributed by atoms with Gasteiger partial charge in [-0.3, -0.25) is 9.59 Å². The van der Waals surface area contributed by atoms with E-state index in [1.807, 2.05) is 0 Å². The molecule has 0 fully saturated rings. The Morgan fingerprint density at radius 1 is 1.44 bits per heavy atom. The molecule has 1 heterocycles. The van der Waals surface area contributed by atoms with E-state index in [1.54, 1.807) is 23.7 Å². The van der Waals surface area contributed by atoms with Gasteiger partial charge in [0.2, 0.25) is 0 Å². The Morgan fingerprint density at radius 3 is 3.06 bits per heavy atom. The van der Waals surface area contributed by atoms with Gasteiger partial charge >= 0.3 is 5.97 Å². The van der Waals surface area contributed by atoms with E-state index >= 15 is 0 Å². The van der Waals surface area contributed by atoms with Crippen LogP contribution in [0.3, 0.4) is 0 Å². The molecule has 2 aromatic rings. The van der Waals surface area contributed by atoms with Crippen molar-refractivity contribution >= 4 is 33.4 Å². The van der Waals surface area contributed by atoms with Gasteiger partial charge in [-0.25, -0.2) is 4.98 Å². The normalized spacial score (nSPS) is 10.3. The number of nitrogens with zero attached hydrogens (tertiary/aromatic N) is 1. The van der Waals surface area contributed by atoms with Crippen molar-refractivity contribution < 1.29 is 14.3 Å². The fourth-order valence-corrected chi connectivity index (χ4v) is 2.19. The van der Waals surface area contributed by atoms with E-state index in [1.165, 1.54) is 18.4 Å². The Morgan fingerprint density at radius 2 is 2.28 bits per heavy atom. The summed E-state index contributed by atoms with van der Waals surface area (Å²) in [6.07, 6.45) is 0.172. The highest BCUT2D eigenvalue weighted by atomic mass is 32.1. The predicted molar refractivity (Wildman–Crippen MR) is 68.6 cm³/mol. The Bertz CT molecular complexity index is 579. The summed E-state index contributed by atoms with van der Waals surface area (Å²) < 4.78 is 5.46. The van der Waals surface area contributed by atoms with Crippen molar-refractivity contribution in [3.05, 3.63) is 29.3 Å². The average Bonchev–Trinajstić information content (AvgIpc) is 2.85. The maximum absolute atomic E-state index is 11.8. The Hall–Kier alpha value is -1.95. The van der Waals surface area contributed by atoms with Crippen LogP contribution in [0.1, 0.15) is 16.8 Å². The second-order valence-corrected chi connectivity index (χ2v) is 4.50. The minimum atomic E-state index is -0.340. The van der Waals surface area contributed by atoms with Crippen LogP contribution in [-0.2, 0) is 9.53 Å². The molecule has 1 N–H and O–H groups in total. The van der Waals surface area contributed by atoms with Crippen LogP contribution in [0.5, 0.6) is 0 Å². The van der Waals surface area contributed by atoms with Gasteiger partial charge in [0.1, 0.15) is 0 Å². The maximum atomic E-state index is 11.8. The first kappa shape index (κ1) is 12.5. The lowest BCUT2D eigenvalue weighted by atomic mass is 10.2. The third-order valence-electron chi connectivity index (χ3n) is 2.44. The molecule has 0 atom stereocenters. The zero-order valence-electron chi connectivity index (χ0n) is 9.80. The predicted octanol–water partition coefficient (Wildman–Crippen LogP) is 1.59. The zero-order valence-corrected chi connectivity index (χ0v) is 10.6. The van der Waals surface area contributed by atoms with E-state index in [2.05, 4.69) is 15.0 Å². The number of benzene rings is 1. The molecule has 0 saturated carbocycles. The summed E-state index contributed by atoms with van der Waals surface area (Å²) in [5.74, 6) is -0.539. The number of thiazole rings is 1. The number of rotatable bonds is 4. The lowest BCUT2D eigenvalue weighted by Gasteiger charge is -2.04. The molecule has 0 aliphatic heterocycles. The highest BCUT2D eigenvalue weighted by Gasteiger charge is 2.08. The second kappa shape index (κ2) is 5.59. The Balaban J connectivity index is 1.97. The fraction of sp³-hybridized carbons (Fsp3) is 0.250. The molecular weight excluding hydrogens is 252 g/mol. The summed E-state index contributed by atoms with van der Waals surface area (Å²) >= 11 is 1.49. The third kappa shape index (κ3) is 2.84. The van der Waals surface area contributed by atoms with Crippen molar-refractivity contribution in [3.63, 3.8) is 0 Å². The molecule has 0 bridgehead atoms. The summed E-state index contributed by atoms with van der Waals surface area (Å²) in [5, 5.41) is 2.67. The van der Waals surface area contributed by atoms with E-state index < -0.39 is 0 Å². The zero-order chi connectivity index (χ0) is 13.0. The molecule has 0 aliphatic rings. The van der Waals surface area contributed by atoms with E-state index in [4.69, 9.17) is 0 Å². The summed E-state index contributed by atoms with van der Waals surface area (Å²) in [5.41, 5.74) is 3.19. The number of hydrogen-bond donors (Lipinski definition) is 1. The molecule has 0 unspecified atom stereocenters. The van der Waals surface area contributed by atoms with Crippen molar-refractivity contribution in [1.82, 2.24) is 10.3 Å². The average molecular weight is 264 g/mol. The highest BCUT2D eigenvalue weighted by molar-refractivity contribution is 7.16. The molecule has 1 aromatic carbocycles. The van der Waals surface area contributed by atoms with Crippen LogP contribution < -0.4 is 5.32 Å². The number of carbonyl (C=O) groups is 2. The Kier molecular flexibility index (Phi) is 3.88. The number of amides is 1. The molecule has 1 aromatic heterocycles. The smallest absolute Gasteiger partial charge is 0.307 e. The molecule has 0 spiro atoms. The number of ether oxygens (including phenoxy) is 1. The van der Waals surface area contributed by atoms with Gasteiger partial charge in [-0.1, -0.05) is 0 Å². The van der Waals surface area contributed by atoms with Gasteiger partial charge in [-0.2, -0.15) is 0 Å². The summed E-state index contributed by atoms with van der Waals surface area (Å²) in [7, 11) is 1.32. The molecule has 6 heteroatoms. The first-order chi connectivity index (χ1) is 8.70. The van der Waals surface area contributed by atoms with Crippen LogP contribution in [0.25, 0.3) is 10.2 Å². The van der Waals surface area contributed by atoms with Gasteiger partial charge < -0.3 is 10.1 Å². The summed E-state index contributed by atoms with van der Waals surface area (Å²) in [4.78, 5) is 26.8. The van der Waals surface area contributed by atoms with Gasteiger partial charge in [0.25, 0.3) is 5.91 Å². The molecule has 0 saturated heterocycles. The van der Waals surface area contributed by atoms with E-state index in [9.17, 15) is 9.59 Å². The van der Waals surface area contributed by atoms with Crippen LogP contribution in [0.15, 0.2) is 23.7 Å². The minimum Gasteiger partial charge on any atom is -0.469 e. The van der Waals surface area contributed by atoms with E-state index in [-0.39, 0.29) is 24.8 Å². The van der Waals surface area contributed by atoms with Gasteiger partial charge in [-0.15, -0.1) is 11.3 Å². The molecule has 18 heavy (non-hydrogen) atoms. The van der Waals surface area contributed by atoms with Gasteiger partial charge in [0, 0.05) is 12.1 Å². The summed E-state index contributed by atoms with van der Waals surface area (Å²) in [6, 6.07) is 5.32. The summed E-state index contributed by atoms with van der Waals surface area (Å²) in [6.45, 7) is 0.270. The SMILES string of the molecule is COC(=O)CCNC(=O)c1ccc2ncsc2c1. The monoisotopic (exact) mass is 264 g/mol. The highest BCUT2D eigenvalue weighted by Crippen LogP contribution is 2.18. The first-order valence-corrected chi connectivity index (χ1v) is 6.27. The van der Waals surface area contributed by atoms with Crippen LogP contribution >= 0.6 is 11.3 Å². The van der Waals surface area contributed by atoms with Gasteiger partial charge in [-0.05, 0) is 18.2 Å². The topological polar surface area (TPSA) is 68.3 Å². The number of fused-ring (bicyclic) bond motifs is 1. The van der Waals surface area contributed by atoms with Crippen LogP contribution in [0, 0.1) is 0 Å². The molecule has 94 valence electrons. The molecule has 0 aliphatic carbocycles. The van der Waals surface area contributed by atoms with Crippen molar-refractivity contribution in [2.45, 2.75) is 6.42 Å². The number of nitrogens with one attached hydrogen (secondary N) is 1. The van der Waals surface area contributed by atoms with E-state index in [0.29, 0.717) is 5.56 Å². The number of carbonyl (C=O) groups excluding carboxylic acids is 2. The first-order valence-electron chi connectivity index (χ1n) is 5.39. The van der Waals surface area contributed by atoms with Gasteiger partial charge in [0.05, 0.1) is 29.3 Å². The van der Waals surface area contributed by atoms with Crippen LogP contribution in [0.4, 0.5) is 0 Å². The largest absolute Gasteiger partial charge is 0.469 e. The van der Waals surface area contributed by atoms with E-state index in [0.717, 1.165) is 10.2 Å². The maximum Gasteiger partial charge on any atom is 0.307 e. The van der Waals surface area contributed by atoms with Crippen molar-refractivity contribution in [3.8, 4) is 0 Å². The Labute approximate surface area is 108 Å². The van der Waals surface area contributed by atoms with Crippen molar-refractivity contribution in [2.75, 3.05) is 13.7 Å². The van der Waals surface area contributed by atoms with Crippen molar-refractivity contribution in [1.29, 1.82) is 0 Å². The molecule has 5 nitrogen and oxygen atoms in total. The number of esters is 1. The quantitative estimate of drug-likeness (QED) is 0.851. The molecular formula is C12H12N2O3S. The lowest BCUT2D eigenvalue weighted by Crippen LogP contribution is -2.26. The second-order valence-electron chi connectivity index (χ2n) is 3.62. The van der Waals surface area contributed by atoms with Crippen molar-refractivity contribution in [2.24, 2.45) is 0 Å². The molecule has 2 rings (SSSR count). The molecule has 1 amide bonds. The lowest BCUT2D eigenvalue weighted by molar-refractivity contribution is -0.140.